The molecule has 0 aromatic heterocycles. The lowest BCUT2D eigenvalue weighted by Crippen LogP contribution is -2.59. The normalized spacial score (nSPS) is 19.0. The van der Waals surface area contributed by atoms with Gasteiger partial charge in [-0.3, -0.25) is 14.9 Å². The number of ether oxygens (including phenoxy) is 1. The molecule has 1 aliphatic heterocycles. The van der Waals surface area contributed by atoms with Gasteiger partial charge in [-0.25, -0.2) is 9.69 Å². The predicted molar refractivity (Wildman–Crippen MR) is 80.0 cm³/mol. The van der Waals surface area contributed by atoms with Crippen molar-refractivity contribution in [2.45, 2.75) is 13.8 Å². The van der Waals surface area contributed by atoms with Crippen LogP contribution in [0.2, 0.25) is 0 Å². The molecule has 0 radical (unpaired) electrons. The molecule has 112 valence electrons. The number of nitrogens with one attached hydrogen (secondary N) is 1. The molecule has 1 aromatic rings. The average molecular weight is 355 g/mol. The topological polar surface area (TPSA) is 75.7 Å². The molecule has 1 N–H and O–H groups in total. The minimum Gasteiger partial charge on any atom is -0.495 e. The first-order valence-corrected chi connectivity index (χ1v) is 7.18. The van der Waals surface area contributed by atoms with E-state index in [2.05, 4.69) is 21.2 Å². The van der Waals surface area contributed by atoms with Crippen molar-refractivity contribution in [2.75, 3.05) is 12.0 Å². The lowest BCUT2D eigenvalue weighted by atomic mass is 9.92. The lowest BCUT2D eigenvalue weighted by Gasteiger charge is -2.32. The predicted octanol–water partition coefficient (Wildman–Crippen LogP) is 2.31. The number of hydrogen-bond acceptors (Lipinski definition) is 4. The Morgan fingerprint density at radius 3 is 2.52 bits per heavy atom. The molecule has 0 bridgehead atoms. The van der Waals surface area contributed by atoms with Crippen LogP contribution in [0.15, 0.2) is 22.7 Å². The number of carbonyl (C=O) groups excluding carboxylic acids is 3. The SMILES string of the molecule is COc1cc(N2C(=O)NC(=O)C(C(C)C)C2=O)ccc1Br. The van der Waals surface area contributed by atoms with E-state index in [0.29, 0.717) is 15.9 Å². The number of rotatable bonds is 3. The Morgan fingerprint density at radius 1 is 1.29 bits per heavy atom. The Balaban J connectivity index is 2.44. The number of benzene rings is 1. The Morgan fingerprint density at radius 2 is 1.95 bits per heavy atom. The fourth-order valence-electron chi connectivity index (χ4n) is 2.21. The number of nitrogens with zero attached hydrogens (tertiary/aromatic N) is 1. The molecule has 1 aromatic carbocycles. The standard InChI is InChI=1S/C14H15BrN2O4/c1-7(2)11-12(18)16-14(20)17(13(11)19)8-4-5-9(15)10(6-8)21-3/h4-7,11H,1-3H3,(H,16,18,20). The smallest absolute Gasteiger partial charge is 0.335 e. The zero-order valence-corrected chi connectivity index (χ0v) is 13.4. The average Bonchev–Trinajstić information content (AvgIpc) is 2.39. The van der Waals surface area contributed by atoms with Crippen molar-refractivity contribution in [3.05, 3.63) is 22.7 Å². The third-order valence-electron chi connectivity index (χ3n) is 3.26. The van der Waals surface area contributed by atoms with Gasteiger partial charge in [0.15, 0.2) is 0 Å². The molecule has 0 spiro atoms. The molecule has 7 heteroatoms. The van der Waals surface area contributed by atoms with Gasteiger partial charge in [0.05, 0.1) is 17.3 Å². The van der Waals surface area contributed by atoms with Gasteiger partial charge >= 0.3 is 6.03 Å². The first-order valence-electron chi connectivity index (χ1n) is 6.39. The molecule has 1 heterocycles. The van der Waals surface area contributed by atoms with Crippen LogP contribution in [-0.2, 0) is 9.59 Å². The van der Waals surface area contributed by atoms with Crippen LogP contribution in [-0.4, -0.2) is 25.0 Å². The highest BCUT2D eigenvalue weighted by molar-refractivity contribution is 9.10. The molecule has 0 aliphatic carbocycles. The van der Waals surface area contributed by atoms with Crippen LogP contribution in [0.4, 0.5) is 10.5 Å². The second-order valence-corrected chi connectivity index (χ2v) is 5.86. The van der Waals surface area contributed by atoms with Crippen molar-refractivity contribution in [3.63, 3.8) is 0 Å². The summed E-state index contributed by atoms with van der Waals surface area (Å²) in [5.74, 6) is -1.67. The number of urea groups is 1. The van der Waals surface area contributed by atoms with Gasteiger partial charge in [-0.05, 0) is 34.0 Å². The molecule has 0 saturated carbocycles. The van der Waals surface area contributed by atoms with Gasteiger partial charge < -0.3 is 4.74 Å². The van der Waals surface area contributed by atoms with Crippen LogP contribution in [0.3, 0.4) is 0 Å². The van der Waals surface area contributed by atoms with Gasteiger partial charge in [-0.15, -0.1) is 0 Å². The minimum absolute atomic E-state index is 0.203. The largest absolute Gasteiger partial charge is 0.495 e. The lowest BCUT2D eigenvalue weighted by molar-refractivity contribution is -0.136. The van der Waals surface area contributed by atoms with Gasteiger partial charge in [0.2, 0.25) is 11.8 Å². The fourth-order valence-corrected chi connectivity index (χ4v) is 2.62. The van der Waals surface area contributed by atoms with Crippen molar-refractivity contribution < 1.29 is 19.1 Å². The van der Waals surface area contributed by atoms with Crippen LogP contribution in [0, 0.1) is 11.8 Å². The molecule has 1 aliphatic rings. The minimum atomic E-state index is -0.877. The summed E-state index contributed by atoms with van der Waals surface area (Å²) in [4.78, 5) is 37.2. The molecule has 1 fully saturated rings. The summed E-state index contributed by atoms with van der Waals surface area (Å²) < 4.78 is 5.86. The van der Waals surface area contributed by atoms with Crippen molar-refractivity contribution in [1.29, 1.82) is 0 Å². The summed E-state index contributed by atoms with van der Waals surface area (Å²) in [6.45, 7) is 3.52. The number of halogens is 1. The number of methoxy groups -OCH3 is 1. The van der Waals surface area contributed by atoms with Gasteiger partial charge in [-0.2, -0.15) is 0 Å². The summed E-state index contributed by atoms with van der Waals surface area (Å²) in [6.07, 6.45) is 0. The van der Waals surface area contributed by atoms with Crippen molar-refractivity contribution >= 4 is 39.5 Å². The van der Waals surface area contributed by atoms with E-state index in [1.165, 1.54) is 7.11 Å². The maximum Gasteiger partial charge on any atom is 0.335 e. The highest BCUT2D eigenvalue weighted by atomic mass is 79.9. The molecular formula is C14H15BrN2O4. The second kappa shape index (κ2) is 5.85. The zero-order valence-electron chi connectivity index (χ0n) is 11.8. The second-order valence-electron chi connectivity index (χ2n) is 5.01. The molecule has 6 nitrogen and oxygen atoms in total. The van der Waals surface area contributed by atoms with Crippen LogP contribution in [0.25, 0.3) is 0 Å². The number of amides is 4. The van der Waals surface area contributed by atoms with E-state index in [9.17, 15) is 14.4 Å². The van der Waals surface area contributed by atoms with E-state index >= 15 is 0 Å². The highest BCUT2D eigenvalue weighted by Crippen LogP contribution is 2.32. The molecule has 21 heavy (non-hydrogen) atoms. The third kappa shape index (κ3) is 2.78. The third-order valence-corrected chi connectivity index (χ3v) is 3.92. The summed E-state index contributed by atoms with van der Waals surface area (Å²) in [6, 6.07) is 4.10. The van der Waals surface area contributed by atoms with Crippen molar-refractivity contribution in [3.8, 4) is 5.75 Å². The first-order chi connectivity index (χ1) is 9.86. The van der Waals surface area contributed by atoms with Crippen molar-refractivity contribution in [1.82, 2.24) is 5.32 Å². The summed E-state index contributed by atoms with van der Waals surface area (Å²) in [5, 5.41) is 2.22. The van der Waals surface area contributed by atoms with E-state index in [4.69, 9.17) is 4.74 Å². The fraction of sp³-hybridized carbons (Fsp3) is 0.357. The molecule has 1 saturated heterocycles. The molecule has 4 amide bonds. The Kier molecular flexibility index (Phi) is 4.32. The highest BCUT2D eigenvalue weighted by Gasteiger charge is 2.42. The van der Waals surface area contributed by atoms with Gasteiger partial charge in [0.1, 0.15) is 11.7 Å². The van der Waals surface area contributed by atoms with Gasteiger partial charge in [-0.1, -0.05) is 13.8 Å². The number of imide groups is 2. The monoisotopic (exact) mass is 354 g/mol. The summed E-state index contributed by atoms with van der Waals surface area (Å²) >= 11 is 3.31. The Bertz CT molecular complexity index is 615. The number of hydrogen-bond donors (Lipinski definition) is 1. The zero-order chi connectivity index (χ0) is 15.7. The van der Waals surface area contributed by atoms with Crippen LogP contribution in [0.1, 0.15) is 13.8 Å². The number of carbonyl (C=O) groups is 3. The number of anilines is 1. The maximum absolute atomic E-state index is 12.5. The van der Waals surface area contributed by atoms with Crippen LogP contribution in [0.5, 0.6) is 5.75 Å². The molecule has 1 unspecified atom stereocenters. The molecular weight excluding hydrogens is 340 g/mol. The first kappa shape index (κ1) is 15.5. The summed E-state index contributed by atoms with van der Waals surface area (Å²) in [7, 11) is 1.49. The van der Waals surface area contributed by atoms with E-state index in [1.54, 1.807) is 32.0 Å². The van der Waals surface area contributed by atoms with E-state index < -0.39 is 23.8 Å². The van der Waals surface area contributed by atoms with E-state index in [0.717, 1.165) is 4.90 Å². The van der Waals surface area contributed by atoms with Crippen LogP contribution < -0.4 is 15.0 Å². The molecule has 1 atom stereocenters. The van der Waals surface area contributed by atoms with Gasteiger partial charge in [0.25, 0.3) is 0 Å². The number of barbiturate groups is 1. The maximum atomic E-state index is 12.5. The van der Waals surface area contributed by atoms with Crippen molar-refractivity contribution in [2.24, 2.45) is 11.8 Å². The van der Waals surface area contributed by atoms with E-state index in [1.807, 2.05) is 0 Å². The van der Waals surface area contributed by atoms with Gasteiger partial charge in [0, 0.05) is 6.07 Å². The van der Waals surface area contributed by atoms with Crippen LogP contribution >= 0.6 is 15.9 Å². The Hall–Kier alpha value is -1.89. The Labute approximate surface area is 130 Å². The summed E-state index contributed by atoms with van der Waals surface area (Å²) in [5.41, 5.74) is 0.357. The van der Waals surface area contributed by atoms with E-state index in [-0.39, 0.29) is 5.92 Å². The quantitative estimate of drug-likeness (QED) is 0.845. The molecule has 2 rings (SSSR count).